The van der Waals surface area contributed by atoms with Crippen LogP contribution >= 0.6 is 11.6 Å². The largest absolute Gasteiger partial charge is 0.481 e. The minimum absolute atomic E-state index is 0.221. The molecule has 2 unspecified atom stereocenters. The SMILES string of the molecule is Cc1cc(Cl)ccc1OC(C)C(=O)NC(c1ccccc1)c1nccn1C. The van der Waals surface area contributed by atoms with Crippen LogP contribution in [0, 0.1) is 6.92 Å². The molecule has 27 heavy (non-hydrogen) atoms. The molecule has 0 saturated heterocycles. The van der Waals surface area contributed by atoms with Gasteiger partial charge in [-0.05, 0) is 43.2 Å². The average Bonchev–Trinajstić information content (AvgIpc) is 3.08. The Morgan fingerprint density at radius 3 is 2.59 bits per heavy atom. The zero-order valence-electron chi connectivity index (χ0n) is 15.5. The first-order chi connectivity index (χ1) is 13.0. The standard InChI is InChI=1S/C21H22ClN3O2/c1-14-13-17(22)9-10-18(14)27-15(2)21(26)24-19(16-7-5-4-6-8-16)20-23-11-12-25(20)3/h4-13,15,19H,1-3H3,(H,24,26). The van der Waals surface area contributed by atoms with Crippen molar-refractivity contribution in [1.82, 2.24) is 14.9 Å². The molecule has 0 saturated carbocycles. The molecule has 1 N–H and O–H groups in total. The minimum Gasteiger partial charge on any atom is -0.481 e. The number of nitrogens with one attached hydrogen (secondary N) is 1. The number of carbonyl (C=O) groups excluding carboxylic acids is 1. The van der Waals surface area contributed by atoms with Crippen LogP contribution in [0.5, 0.6) is 5.75 Å². The van der Waals surface area contributed by atoms with E-state index >= 15 is 0 Å². The first-order valence-corrected chi connectivity index (χ1v) is 9.09. The number of aromatic nitrogens is 2. The molecule has 3 rings (SSSR count). The Morgan fingerprint density at radius 1 is 1.22 bits per heavy atom. The third-order valence-electron chi connectivity index (χ3n) is 4.35. The van der Waals surface area contributed by atoms with Gasteiger partial charge in [-0.3, -0.25) is 4.79 Å². The zero-order chi connectivity index (χ0) is 19.4. The van der Waals surface area contributed by atoms with E-state index < -0.39 is 6.10 Å². The lowest BCUT2D eigenvalue weighted by atomic mass is 10.1. The Morgan fingerprint density at radius 2 is 1.96 bits per heavy atom. The lowest BCUT2D eigenvalue weighted by Gasteiger charge is -2.22. The summed E-state index contributed by atoms with van der Waals surface area (Å²) in [6, 6.07) is 14.7. The molecule has 0 radical (unpaired) electrons. The lowest BCUT2D eigenvalue weighted by Crippen LogP contribution is -2.39. The monoisotopic (exact) mass is 383 g/mol. The van der Waals surface area contributed by atoms with E-state index in [2.05, 4.69) is 10.3 Å². The van der Waals surface area contributed by atoms with Crippen LogP contribution in [0.3, 0.4) is 0 Å². The summed E-state index contributed by atoms with van der Waals surface area (Å²) in [6.45, 7) is 3.62. The molecule has 2 aromatic carbocycles. The van der Waals surface area contributed by atoms with Crippen LogP contribution in [0.2, 0.25) is 5.02 Å². The molecule has 0 aliphatic carbocycles. The number of benzene rings is 2. The molecule has 1 aromatic heterocycles. The number of amides is 1. The van der Waals surface area contributed by atoms with Gasteiger partial charge in [0.1, 0.15) is 17.6 Å². The summed E-state index contributed by atoms with van der Waals surface area (Å²) >= 11 is 5.98. The third kappa shape index (κ3) is 4.49. The van der Waals surface area contributed by atoms with E-state index in [1.54, 1.807) is 25.3 Å². The van der Waals surface area contributed by atoms with Crippen molar-refractivity contribution in [2.24, 2.45) is 7.05 Å². The second-order valence-corrected chi connectivity index (χ2v) is 6.85. The summed E-state index contributed by atoms with van der Waals surface area (Å²) in [5.41, 5.74) is 1.83. The summed E-state index contributed by atoms with van der Waals surface area (Å²) < 4.78 is 7.74. The maximum atomic E-state index is 12.8. The number of rotatable bonds is 6. The van der Waals surface area contributed by atoms with Gasteiger partial charge in [0.05, 0.1) is 0 Å². The smallest absolute Gasteiger partial charge is 0.261 e. The minimum atomic E-state index is -0.670. The summed E-state index contributed by atoms with van der Waals surface area (Å²) in [4.78, 5) is 17.2. The molecule has 0 aliphatic heterocycles. The van der Waals surface area contributed by atoms with Crippen LogP contribution in [0.4, 0.5) is 0 Å². The Balaban J connectivity index is 1.79. The molecule has 5 nitrogen and oxygen atoms in total. The molecule has 0 aliphatic rings. The van der Waals surface area contributed by atoms with Crippen LogP contribution in [-0.4, -0.2) is 21.6 Å². The highest BCUT2D eigenvalue weighted by atomic mass is 35.5. The van der Waals surface area contributed by atoms with Crippen molar-refractivity contribution in [2.45, 2.75) is 26.0 Å². The quantitative estimate of drug-likeness (QED) is 0.698. The number of halogens is 1. The van der Waals surface area contributed by atoms with Gasteiger partial charge in [0, 0.05) is 24.5 Å². The highest BCUT2D eigenvalue weighted by Crippen LogP contribution is 2.24. The van der Waals surface area contributed by atoms with Gasteiger partial charge < -0.3 is 14.6 Å². The molecule has 0 fully saturated rings. The van der Waals surface area contributed by atoms with Gasteiger partial charge in [0.2, 0.25) is 0 Å². The van der Waals surface area contributed by atoms with Crippen molar-refractivity contribution < 1.29 is 9.53 Å². The van der Waals surface area contributed by atoms with Crippen LogP contribution in [0.15, 0.2) is 60.9 Å². The van der Waals surface area contributed by atoms with E-state index in [9.17, 15) is 4.79 Å². The van der Waals surface area contributed by atoms with Crippen LogP contribution in [0.1, 0.15) is 29.9 Å². The molecular formula is C21H22ClN3O2. The van der Waals surface area contributed by atoms with E-state index in [4.69, 9.17) is 16.3 Å². The van der Waals surface area contributed by atoms with Gasteiger partial charge in [-0.2, -0.15) is 0 Å². The van der Waals surface area contributed by atoms with Crippen molar-refractivity contribution in [2.75, 3.05) is 0 Å². The summed E-state index contributed by atoms with van der Waals surface area (Å²) in [6.07, 6.45) is 2.90. The number of imidazole rings is 1. The zero-order valence-corrected chi connectivity index (χ0v) is 16.3. The third-order valence-corrected chi connectivity index (χ3v) is 4.58. The van der Waals surface area contributed by atoms with Crippen molar-refractivity contribution in [3.8, 4) is 5.75 Å². The Kier molecular flexibility index (Phi) is 5.81. The summed E-state index contributed by atoms with van der Waals surface area (Å²) in [7, 11) is 1.90. The maximum absolute atomic E-state index is 12.8. The molecule has 2 atom stereocenters. The number of ether oxygens (including phenoxy) is 1. The molecule has 1 heterocycles. The Labute approximate surface area is 164 Å². The van der Waals surface area contributed by atoms with Crippen LogP contribution < -0.4 is 10.1 Å². The first-order valence-electron chi connectivity index (χ1n) is 8.71. The maximum Gasteiger partial charge on any atom is 0.261 e. The first kappa shape index (κ1) is 19.0. The predicted molar refractivity (Wildman–Crippen MR) is 106 cm³/mol. The normalized spacial score (nSPS) is 13.0. The van der Waals surface area contributed by atoms with E-state index in [1.165, 1.54) is 0 Å². The second kappa shape index (κ2) is 8.27. The van der Waals surface area contributed by atoms with E-state index in [0.29, 0.717) is 10.8 Å². The van der Waals surface area contributed by atoms with Crippen molar-refractivity contribution >= 4 is 17.5 Å². The fourth-order valence-corrected chi connectivity index (χ4v) is 3.07. The van der Waals surface area contributed by atoms with Crippen molar-refractivity contribution in [1.29, 1.82) is 0 Å². The van der Waals surface area contributed by atoms with Crippen LogP contribution in [0.25, 0.3) is 0 Å². The Bertz CT molecular complexity index is 924. The molecule has 1 amide bonds. The topological polar surface area (TPSA) is 56.1 Å². The molecule has 6 heteroatoms. The number of nitrogens with zero attached hydrogens (tertiary/aromatic N) is 2. The highest BCUT2D eigenvalue weighted by Gasteiger charge is 2.24. The van der Waals surface area contributed by atoms with Gasteiger partial charge in [0.15, 0.2) is 6.10 Å². The molecule has 140 valence electrons. The van der Waals surface area contributed by atoms with E-state index in [0.717, 1.165) is 17.0 Å². The average molecular weight is 384 g/mol. The van der Waals surface area contributed by atoms with Gasteiger partial charge in [-0.25, -0.2) is 4.98 Å². The fourth-order valence-electron chi connectivity index (χ4n) is 2.85. The van der Waals surface area contributed by atoms with E-state index in [-0.39, 0.29) is 11.9 Å². The van der Waals surface area contributed by atoms with Gasteiger partial charge in [-0.1, -0.05) is 41.9 Å². The van der Waals surface area contributed by atoms with E-state index in [1.807, 2.05) is 61.1 Å². The van der Waals surface area contributed by atoms with Gasteiger partial charge in [-0.15, -0.1) is 0 Å². The number of aryl methyl sites for hydroxylation is 2. The van der Waals surface area contributed by atoms with Crippen molar-refractivity contribution in [3.63, 3.8) is 0 Å². The summed E-state index contributed by atoms with van der Waals surface area (Å²) in [5, 5.41) is 3.69. The molecular weight excluding hydrogens is 362 g/mol. The highest BCUT2D eigenvalue weighted by molar-refractivity contribution is 6.30. The number of hydrogen-bond donors (Lipinski definition) is 1. The van der Waals surface area contributed by atoms with Gasteiger partial charge >= 0.3 is 0 Å². The molecule has 0 bridgehead atoms. The molecule has 3 aromatic rings. The van der Waals surface area contributed by atoms with Crippen molar-refractivity contribution in [3.05, 3.63) is 82.9 Å². The van der Waals surface area contributed by atoms with Crippen LogP contribution in [-0.2, 0) is 11.8 Å². The summed E-state index contributed by atoms with van der Waals surface area (Å²) in [5.74, 6) is 1.17. The fraction of sp³-hybridized carbons (Fsp3) is 0.238. The Hall–Kier alpha value is -2.79. The number of hydrogen-bond acceptors (Lipinski definition) is 3. The predicted octanol–water partition coefficient (Wildman–Crippen LogP) is 4.06. The lowest BCUT2D eigenvalue weighted by molar-refractivity contribution is -0.127. The van der Waals surface area contributed by atoms with Gasteiger partial charge in [0.25, 0.3) is 5.91 Å². The molecule has 0 spiro atoms. The second-order valence-electron chi connectivity index (χ2n) is 6.42. The number of carbonyl (C=O) groups is 1.